The number of nitrogens with zero attached hydrogens (tertiary/aromatic N) is 1. The Morgan fingerprint density at radius 1 is 1.00 bits per heavy atom. The summed E-state index contributed by atoms with van der Waals surface area (Å²) >= 11 is 0. The van der Waals surface area contributed by atoms with Gasteiger partial charge in [-0.2, -0.15) is 0 Å². The van der Waals surface area contributed by atoms with Gasteiger partial charge in [-0.15, -0.1) is 24.0 Å². The van der Waals surface area contributed by atoms with Crippen molar-refractivity contribution < 1.29 is 18.0 Å². The highest BCUT2D eigenvalue weighted by Crippen LogP contribution is 2.19. The zero-order valence-electron chi connectivity index (χ0n) is 14.8. The summed E-state index contributed by atoms with van der Waals surface area (Å²) in [6, 6.07) is 9.59. The van der Waals surface area contributed by atoms with Crippen molar-refractivity contribution in [3.63, 3.8) is 0 Å². The standard InChI is InChI=1S/C18H19F3N4O.HI/c1-11-3-5-12(6-4-11)9-23-18(22-2)24-10-15(26)25-14-8-7-13(19)16(20)17(14)21;/h3-8H,9-10H2,1-2H3,(H,25,26)(H2,22,23,24);1H. The molecule has 0 aliphatic heterocycles. The quantitative estimate of drug-likeness (QED) is 0.260. The van der Waals surface area contributed by atoms with Crippen LogP contribution in [-0.4, -0.2) is 25.5 Å². The average Bonchev–Trinajstić information content (AvgIpc) is 2.64. The fourth-order valence-corrected chi connectivity index (χ4v) is 2.09. The van der Waals surface area contributed by atoms with Gasteiger partial charge in [0.15, 0.2) is 23.4 Å². The molecule has 0 heterocycles. The van der Waals surface area contributed by atoms with E-state index in [2.05, 4.69) is 20.9 Å². The monoisotopic (exact) mass is 492 g/mol. The maximum absolute atomic E-state index is 13.5. The molecule has 5 nitrogen and oxygen atoms in total. The van der Waals surface area contributed by atoms with Gasteiger partial charge in [-0.1, -0.05) is 29.8 Å². The van der Waals surface area contributed by atoms with Gasteiger partial charge >= 0.3 is 0 Å². The van der Waals surface area contributed by atoms with Crippen molar-refractivity contribution in [1.29, 1.82) is 0 Å². The van der Waals surface area contributed by atoms with E-state index >= 15 is 0 Å². The molecule has 2 aromatic carbocycles. The fourth-order valence-electron chi connectivity index (χ4n) is 2.09. The summed E-state index contributed by atoms with van der Waals surface area (Å²) in [6.07, 6.45) is 0. The molecule has 0 aliphatic carbocycles. The molecule has 0 spiro atoms. The number of aryl methyl sites for hydroxylation is 1. The van der Waals surface area contributed by atoms with Crippen LogP contribution >= 0.6 is 24.0 Å². The van der Waals surface area contributed by atoms with Crippen molar-refractivity contribution in [3.8, 4) is 0 Å². The molecule has 0 unspecified atom stereocenters. The summed E-state index contributed by atoms with van der Waals surface area (Å²) < 4.78 is 39.6. The Morgan fingerprint density at radius 2 is 1.67 bits per heavy atom. The van der Waals surface area contributed by atoms with Gasteiger partial charge in [-0.25, -0.2) is 13.2 Å². The number of hydrogen-bond acceptors (Lipinski definition) is 2. The van der Waals surface area contributed by atoms with Crippen LogP contribution in [0.1, 0.15) is 11.1 Å². The Bertz CT molecular complexity index is 813. The van der Waals surface area contributed by atoms with Crippen LogP contribution in [0.15, 0.2) is 41.4 Å². The Labute approximate surface area is 172 Å². The lowest BCUT2D eigenvalue weighted by Gasteiger charge is -2.12. The van der Waals surface area contributed by atoms with E-state index in [9.17, 15) is 18.0 Å². The van der Waals surface area contributed by atoms with Crippen LogP contribution in [0.5, 0.6) is 0 Å². The summed E-state index contributed by atoms with van der Waals surface area (Å²) in [4.78, 5) is 15.8. The molecular formula is C18H20F3IN4O. The average molecular weight is 492 g/mol. The topological polar surface area (TPSA) is 65.5 Å². The summed E-state index contributed by atoms with van der Waals surface area (Å²) in [5.41, 5.74) is 1.75. The molecule has 9 heteroatoms. The first-order valence-electron chi connectivity index (χ1n) is 7.84. The van der Waals surface area contributed by atoms with Gasteiger partial charge in [0.1, 0.15) is 0 Å². The first kappa shape index (κ1) is 22.7. The number of benzene rings is 2. The SMILES string of the molecule is CN=C(NCC(=O)Nc1ccc(F)c(F)c1F)NCc1ccc(C)cc1.I. The van der Waals surface area contributed by atoms with E-state index in [1.807, 2.05) is 31.2 Å². The third-order valence-corrected chi connectivity index (χ3v) is 3.53. The highest BCUT2D eigenvalue weighted by molar-refractivity contribution is 14.0. The van der Waals surface area contributed by atoms with E-state index < -0.39 is 29.0 Å². The number of amides is 1. The van der Waals surface area contributed by atoms with Crippen LogP contribution in [0.4, 0.5) is 18.9 Å². The van der Waals surface area contributed by atoms with E-state index in [-0.39, 0.29) is 30.5 Å². The van der Waals surface area contributed by atoms with E-state index in [4.69, 9.17) is 0 Å². The second kappa shape index (κ2) is 10.8. The summed E-state index contributed by atoms with van der Waals surface area (Å²) in [5.74, 6) is -4.66. The second-order valence-corrected chi connectivity index (χ2v) is 5.54. The molecule has 0 fully saturated rings. The molecule has 3 N–H and O–H groups in total. The zero-order valence-corrected chi connectivity index (χ0v) is 17.1. The minimum atomic E-state index is -1.63. The van der Waals surface area contributed by atoms with E-state index in [1.165, 1.54) is 7.05 Å². The third kappa shape index (κ3) is 6.74. The first-order chi connectivity index (χ1) is 12.4. The number of aliphatic imine (C=N–C) groups is 1. The summed E-state index contributed by atoms with van der Waals surface area (Å²) in [7, 11) is 1.54. The van der Waals surface area contributed by atoms with Crippen LogP contribution in [0.25, 0.3) is 0 Å². The van der Waals surface area contributed by atoms with Crippen molar-refractivity contribution in [2.45, 2.75) is 13.5 Å². The zero-order chi connectivity index (χ0) is 19.1. The number of nitrogens with one attached hydrogen (secondary N) is 3. The number of halogens is 4. The fraction of sp³-hybridized carbons (Fsp3) is 0.222. The number of hydrogen-bond donors (Lipinski definition) is 3. The van der Waals surface area contributed by atoms with Crippen molar-refractivity contribution in [1.82, 2.24) is 10.6 Å². The Hall–Kier alpha value is -2.30. The van der Waals surface area contributed by atoms with Gasteiger partial charge in [0.05, 0.1) is 12.2 Å². The molecule has 0 atom stereocenters. The van der Waals surface area contributed by atoms with Gasteiger partial charge in [0, 0.05) is 13.6 Å². The minimum Gasteiger partial charge on any atom is -0.352 e. The molecule has 2 aromatic rings. The number of rotatable bonds is 5. The van der Waals surface area contributed by atoms with Crippen molar-refractivity contribution in [3.05, 3.63) is 65.0 Å². The van der Waals surface area contributed by atoms with Crippen LogP contribution < -0.4 is 16.0 Å². The highest BCUT2D eigenvalue weighted by Gasteiger charge is 2.15. The molecule has 1 amide bonds. The van der Waals surface area contributed by atoms with Crippen molar-refractivity contribution in [2.75, 3.05) is 18.9 Å². The number of carbonyl (C=O) groups excluding carboxylic acids is 1. The Morgan fingerprint density at radius 3 is 2.30 bits per heavy atom. The molecule has 27 heavy (non-hydrogen) atoms. The molecule has 0 aromatic heterocycles. The highest BCUT2D eigenvalue weighted by atomic mass is 127. The molecule has 0 saturated carbocycles. The molecule has 0 radical (unpaired) electrons. The normalized spacial score (nSPS) is 10.8. The van der Waals surface area contributed by atoms with Crippen LogP contribution in [0.2, 0.25) is 0 Å². The van der Waals surface area contributed by atoms with Crippen molar-refractivity contribution in [2.24, 2.45) is 4.99 Å². The second-order valence-electron chi connectivity index (χ2n) is 5.54. The predicted octanol–water partition coefficient (Wildman–Crippen LogP) is 3.33. The Kier molecular flexibility index (Phi) is 9.06. The number of guanidine groups is 1. The third-order valence-electron chi connectivity index (χ3n) is 3.53. The van der Waals surface area contributed by atoms with E-state index in [0.717, 1.165) is 23.3 Å². The van der Waals surface area contributed by atoms with Gasteiger partial charge in [0.2, 0.25) is 5.91 Å². The van der Waals surface area contributed by atoms with Crippen LogP contribution in [0, 0.1) is 24.4 Å². The predicted molar refractivity (Wildman–Crippen MR) is 110 cm³/mol. The molecule has 2 rings (SSSR count). The largest absolute Gasteiger partial charge is 0.352 e. The van der Waals surface area contributed by atoms with Gasteiger partial charge in [-0.3, -0.25) is 9.79 Å². The lowest BCUT2D eigenvalue weighted by molar-refractivity contribution is -0.115. The minimum absolute atomic E-state index is 0. The van der Waals surface area contributed by atoms with E-state index in [1.54, 1.807) is 0 Å². The van der Waals surface area contributed by atoms with E-state index in [0.29, 0.717) is 12.5 Å². The van der Waals surface area contributed by atoms with Gasteiger partial charge in [-0.05, 0) is 24.6 Å². The maximum atomic E-state index is 13.5. The first-order valence-corrected chi connectivity index (χ1v) is 7.84. The van der Waals surface area contributed by atoms with Crippen LogP contribution in [-0.2, 0) is 11.3 Å². The molecule has 146 valence electrons. The molecule has 0 aliphatic rings. The smallest absolute Gasteiger partial charge is 0.243 e. The lowest BCUT2D eigenvalue weighted by Crippen LogP contribution is -2.41. The number of carbonyl (C=O) groups is 1. The maximum Gasteiger partial charge on any atom is 0.243 e. The Balaban J connectivity index is 0.00000364. The van der Waals surface area contributed by atoms with Crippen molar-refractivity contribution >= 4 is 41.5 Å². The lowest BCUT2D eigenvalue weighted by atomic mass is 10.1. The van der Waals surface area contributed by atoms with Gasteiger partial charge < -0.3 is 16.0 Å². The summed E-state index contributed by atoms with van der Waals surface area (Å²) in [6.45, 7) is 2.26. The summed E-state index contributed by atoms with van der Waals surface area (Å²) in [5, 5.41) is 7.95. The van der Waals surface area contributed by atoms with Crippen LogP contribution in [0.3, 0.4) is 0 Å². The molecular weight excluding hydrogens is 472 g/mol. The molecule has 0 saturated heterocycles. The van der Waals surface area contributed by atoms with Gasteiger partial charge in [0.25, 0.3) is 0 Å². The number of anilines is 1. The molecule has 0 bridgehead atoms.